The van der Waals surface area contributed by atoms with Crippen LogP contribution in [0, 0.1) is 0 Å². The van der Waals surface area contributed by atoms with Crippen LogP contribution in [-0.2, 0) is 24.3 Å². The van der Waals surface area contributed by atoms with Gasteiger partial charge in [-0.3, -0.25) is 9.10 Å². The van der Waals surface area contributed by atoms with Gasteiger partial charge in [0.15, 0.2) is 11.5 Å². The molecule has 0 bridgehead atoms. The molecule has 0 saturated heterocycles. The van der Waals surface area contributed by atoms with Gasteiger partial charge in [-0.2, -0.15) is 0 Å². The molecule has 0 atom stereocenters. The number of nitrogens with one attached hydrogen (secondary N) is 1. The van der Waals surface area contributed by atoms with Crippen LogP contribution in [0.25, 0.3) is 0 Å². The SMILES string of the molecule is CCS(=O)(=O)N(CC(=O)Nc1cc(C(=O)OC)ccc1C(=O)OC)c1ccc2c(c1)OCO2. The first-order chi connectivity index (χ1) is 15.7. The molecule has 0 unspecified atom stereocenters. The van der Waals surface area contributed by atoms with Gasteiger partial charge < -0.3 is 24.3 Å². The zero-order valence-electron chi connectivity index (χ0n) is 18.1. The van der Waals surface area contributed by atoms with Crippen molar-refractivity contribution >= 4 is 39.2 Å². The summed E-state index contributed by atoms with van der Waals surface area (Å²) in [5.74, 6) is -1.65. The Morgan fingerprint density at radius 2 is 1.70 bits per heavy atom. The van der Waals surface area contributed by atoms with Gasteiger partial charge in [0.1, 0.15) is 6.54 Å². The molecule has 0 saturated carbocycles. The highest BCUT2D eigenvalue weighted by atomic mass is 32.2. The van der Waals surface area contributed by atoms with Crippen LogP contribution in [0.1, 0.15) is 27.6 Å². The number of anilines is 2. The molecule has 11 nitrogen and oxygen atoms in total. The lowest BCUT2D eigenvalue weighted by Gasteiger charge is -2.23. The standard InChI is InChI=1S/C21H22N2O9S/c1-4-33(27,28)23(14-6-8-17-18(10-14)32-12-31-17)11-19(24)22-16-9-13(20(25)29-2)5-7-15(16)21(26)30-3/h5-10H,4,11-12H2,1-3H3,(H,22,24). The second kappa shape index (κ2) is 9.77. The van der Waals surface area contributed by atoms with E-state index in [-0.39, 0.29) is 35.0 Å². The number of hydrogen-bond donors (Lipinski definition) is 1. The molecule has 1 heterocycles. The summed E-state index contributed by atoms with van der Waals surface area (Å²) in [5.41, 5.74) is 0.225. The van der Waals surface area contributed by atoms with Crippen LogP contribution in [0.5, 0.6) is 11.5 Å². The summed E-state index contributed by atoms with van der Waals surface area (Å²) in [6.45, 7) is 0.855. The second-order valence-corrected chi connectivity index (χ2v) is 8.92. The fourth-order valence-corrected chi connectivity index (χ4v) is 4.11. The predicted octanol–water partition coefficient (Wildman–Crippen LogP) is 1.78. The van der Waals surface area contributed by atoms with Crippen molar-refractivity contribution in [1.82, 2.24) is 0 Å². The number of nitrogens with zero attached hydrogens (tertiary/aromatic N) is 1. The normalized spacial score (nSPS) is 12.1. The number of fused-ring (bicyclic) bond motifs is 1. The van der Waals surface area contributed by atoms with Crippen molar-refractivity contribution in [2.24, 2.45) is 0 Å². The van der Waals surface area contributed by atoms with E-state index >= 15 is 0 Å². The van der Waals surface area contributed by atoms with Gasteiger partial charge in [-0.15, -0.1) is 0 Å². The molecular formula is C21H22N2O9S. The summed E-state index contributed by atoms with van der Waals surface area (Å²) in [6, 6.07) is 8.38. The third-order valence-corrected chi connectivity index (χ3v) is 6.49. The number of rotatable bonds is 8. The minimum absolute atomic E-state index is 0.00659. The molecule has 3 rings (SSSR count). The van der Waals surface area contributed by atoms with E-state index in [9.17, 15) is 22.8 Å². The lowest BCUT2D eigenvalue weighted by atomic mass is 10.1. The fourth-order valence-electron chi connectivity index (χ4n) is 3.05. The molecule has 2 aromatic rings. The van der Waals surface area contributed by atoms with Gasteiger partial charge in [0.05, 0.1) is 42.5 Å². The quantitative estimate of drug-likeness (QED) is 0.563. The minimum Gasteiger partial charge on any atom is -0.465 e. The molecule has 0 spiro atoms. The zero-order chi connectivity index (χ0) is 24.2. The molecule has 1 aliphatic heterocycles. The number of methoxy groups -OCH3 is 2. The molecule has 1 N–H and O–H groups in total. The van der Waals surface area contributed by atoms with Crippen LogP contribution in [0.4, 0.5) is 11.4 Å². The zero-order valence-corrected chi connectivity index (χ0v) is 18.9. The highest BCUT2D eigenvalue weighted by Gasteiger charge is 2.27. The number of hydrogen-bond acceptors (Lipinski definition) is 9. The van der Waals surface area contributed by atoms with Crippen molar-refractivity contribution in [3.8, 4) is 11.5 Å². The predicted molar refractivity (Wildman–Crippen MR) is 117 cm³/mol. The monoisotopic (exact) mass is 478 g/mol. The maximum absolute atomic E-state index is 12.9. The van der Waals surface area contributed by atoms with Crippen LogP contribution < -0.4 is 19.1 Å². The second-order valence-electron chi connectivity index (χ2n) is 6.74. The lowest BCUT2D eigenvalue weighted by molar-refractivity contribution is -0.114. The largest absolute Gasteiger partial charge is 0.465 e. The Labute approximate surface area is 190 Å². The number of esters is 2. The maximum atomic E-state index is 12.9. The van der Waals surface area contributed by atoms with Crippen molar-refractivity contribution in [3.63, 3.8) is 0 Å². The lowest BCUT2D eigenvalue weighted by Crippen LogP contribution is -2.39. The van der Waals surface area contributed by atoms with Gasteiger partial charge in [-0.1, -0.05) is 0 Å². The first-order valence-corrected chi connectivity index (χ1v) is 11.3. The van der Waals surface area contributed by atoms with Gasteiger partial charge in [0, 0.05) is 6.07 Å². The Morgan fingerprint density at radius 1 is 1.00 bits per heavy atom. The molecular weight excluding hydrogens is 456 g/mol. The van der Waals surface area contributed by atoms with Gasteiger partial charge in [0.25, 0.3) is 0 Å². The highest BCUT2D eigenvalue weighted by Crippen LogP contribution is 2.36. The van der Waals surface area contributed by atoms with E-state index < -0.39 is 34.4 Å². The molecule has 1 amide bonds. The fraction of sp³-hybridized carbons (Fsp3) is 0.286. The topological polar surface area (TPSA) is 138 Å². The number of sulfonamides is 1. The summed E-state index contributed by atoms with van der Waals surface area (Å²) in [5, 5.41) is 2.48. The number of amides is 1. The Morgan fingerprint density at radius 3 is 2.36 bits per heavy atom. The highest BCUT2D eigenvalue weighted by molar-refractivity contribution is 7.92. The summed E-state index contributed by atoms with van der Waals surface area (Å²) < 4.78 is 46.3. The van der Waals surface area contributed by atoms with Crippen LogP contribution in [0.2, 0.25) is 0 Å². The Balaban J connectivity index is 1.92. The Hall–Kier alpha value is -3.80. The van der Waals surface area contributed by atoms with Crippen LogP contribution in [-0.4, -0.2) is 59.6 Å². The summed E-state index contributed by atoms with van der Waals surface area (Å²) in [6.07, 6.45) is 0. The number of benzene rings is 2. The maximum Gasteiger partial charge on any atom is 0.339 e. The van der Waals surface area contributed by atoms with Gasteiger partial charge >= 0.3 is 11.9 Å². The molecule has 0 fully saturated rings. The van der Waals surface area contributed by atoms with Crippen molar-refractivity contribution in [2.45, 2.75) is 6.92 Å². The van der Waals surface area contributed by atoms with E-state index in [2.05, 4.69) is 10.1 Å². The Kier molecular flexibility index (Phi) is 7.07. The van der Waals surface area contributed by atoms with E-state index in [1.165, 1.54) is 44.4 Å². The van der Waals surface area contributed by atoms with Crippen molar-refractivity contribution < 1.29 is 41.7 Å². The van der Waals surface area contributed by atoms with E-state index in [0.29, 0.717) is 11.5 Å². The summed E-state index contributed by atoms with van der Waals surface area (Å²) >= 11 is 0. The molecule has 12 heteroatoms. The molecule has 176 valence electrons. The molecule has 0 aromatic heterocycles. The number of carbonyl (C=O) groups excluding carboxylic acids is 3. The molecule has 2 aromatic carbocycles. The Bertz CT molecular complexity index is 1190. The molecule has 1 aliphatic rings. The molecule has 33 heavy (non-hydrogen) atoms. The first kappa shape index (κ1) is 23.9. The molecule has 0 aliphatic carbocycles. The van der Waals surface area contributed by atoms with Crippen molar-refractivity contribution in [1.29, 1.82) is 0 Å². The average molecular weight is 478 g/mol. The van der Waals surface area contributed by atoms with E-state index in [4.69, 9.17) is 14.2 Å². The van der Waals surface area contributed by atoms with Gasteiger partial charge in [-0.25, -0.2) is 18.0 Å². The van der Waals surface area contributed by atoms with Crippen molar-refractivity contribution in [3.05, 3.63) is 47.5 Å². The summed E-state index contributed by atoms with van der Waals surface area (Å²) in [7, 11) is -1.51. The average Bonchev–Trinajstić information content (AvgIpc) is 3.29. The van der Waals surface area contributed by atoms with Crippen LogP contribution >= 0.6 is 0 Å². The van der Waals surface area contributed by atoms with Crippen LogP contribution in [0.3, 0.4) is 0 Å². The third kappa shape index (κ3) is 5.17. The van der Waals surface area contributed by atoms with Gasteiger partial charge in [0.2, 0.25) is 22.7 Å². The van der Waals surface area contributed by atoms with E-state index in [1.807, 2.05) is 0 Å². The third-order valence-electron chi connectivity index (χ3n) is 4.75. The first-order valence-electron chi connectivity index (χ1n) is 9.70. The number of ether oxygens (including phenoxy) is 4. The van der Waals surface area contributed by atoms with E-state index in [1.54, 1.807) is 6.07 Å². The minimum atomic E-state index is -3.86. The van der Waals surface area contributed by atoms with Gasteiger partial charge in [-0.05, 0) is 37.3 Å². The molecule has 0 radical (unpaired) electrons. The van der Waals surface area contributed by atoms with Crippen LogP contribution in [0.15, 0.2) is 36.4 Å². The number of carbonyl (C=O) groups is 3. The van der Waals surface area contributed by atoms with Crippen molar-refractivity contribution in [2.75, 3.05) is 42.9 Å². The van der Waals surface area contributed by atoms with E-state index in [0.717, 1.165) is 11.4 Å². The summed E-state index contributed by atoms with van der Waals surface area (Å²) in [4.78, 5) is 36.8. The smallest absolute Gasteiger partial charge is 0.339 e.